The molecule has 1 heterocycles. The fourth-order valence-electron chi connectivity index (χ4n) is 3.00. The molecule has 0 amide bonds. The molecule has 1 aromatic carbocycles. The fourth-order valence-corrected chi connectivity index (χ4v) is 3.00. The van der Waals surface area contributed by atoms with Gasteiger partial charge < -0.3 is 10.4 Å². The van der Waals surface area contributed by atoms with E-state index in [9.17, 15) is 5.11 Å². The molecule has 0 aromatic heterocycles. The van der Waals surface area contributed by atoms with Gasteiger partial charge in [0.25, 0.3) is 0 Å². The van der Waals surface area contributed by atoms with E-state index in [2.05, 4.69) is 23.5 Å². The lowest BCUT2D eigenvalue weighted by atomic mass is 9.92. The van der Waals surface area contributed by atoms with E-state index in [0.29, 0.717) is 0 Å². The minimum Gasteiger partial charge on any atom is -0.388 e. The first-order valence-corrected chi connectivity index (χ1v) is 6.29. The van der Waals surface area contributed by atoms with Gasteiger partial charge in [0.05, 0.1) is 5.60 Å². The second-order valence-corrected chi connectivity index (χ2v) is 5.28. The Bertz CT molecular complexity index is 394. The van der Waals surface area contributed by atoms with Gasteiger partial charge in [-0.3, -0.25) is 0 Å². The van der Waals surface area contributed by atoms with Crippen LogP contribution in [0.4, 0.5) is 0 Å². The van der Waals surface area contributed by atoms with Gasteiger partial charge in [0.1, 0.15) is 0 Å². The fraction of sp³-hybridized carbons (Fsp3) is 0.571. The number of nitrogens with one attached hydrogen (secondary N) is 1. The van der Waals surface area contributed by atoms with Crippen molar-refractivity contribution >= 4 is 0 Å². The smallest absolute Gasteiger partial charge is 0.0823 e. The predicted molar refractivity (Wildman–Crippen MR) is 64.6 cm³/mol. The van der Waals surface area contributed by atoms with Crippen molar-refractivity contribution in [2.75, 3.05) is 13.1 Å². The summed E-state index contributed by atoms with van der Waals surface area (Å²) in [5.74, 6) is 0. The second kappa shape index (κ2) is 3.86. The Morgan fingerprint density at radius 1 is 1.25 bits per heavy atom. The highest BCUT2D eigenvalue weighted by molar-refractivity contribution is 5.36. The molecule has 1 aliphatic carbocycles. The van der Waals surface area contributed by atoms with Crippen LogP contribution in [0.25, 0.3) is 0 Å². The molecule has 0 saturated carbocycles. The molecule has 2 heteroatoms. The minimum atomic E-state index is -0.507. The van der Waals surface area contributed by atoms with Crippen molar-refractivity contribution in [3.05, 3.63) is 34.9 Å². The zero-order valence-corrected chi connectivity index (χ0v) is 9.63. The zero-order chi connectivity index (χ0) is 11.0. The van der Waals surface area contributed by atoms with E-state index in [4.69, 9.17) is 0 Å². The van der Waals surface area contributed by atoms with Crippen molar-refractivity contribution in [2.24, 2.45) is 0 Å². The average molecular weight is 217 g/mol. The van der Waals surface area contributed by atoms with Gasteiger partial charge in [-0.2, -0.15) is 0 Å². The van der Waals surface area contributed by atoms with E-state index < -0.39 is 5.60 Å². The van der Waals surface area contributed by atoms with E-state index in [1.165, 1.54) is 36.0 Å². The largest absolute Gasteiger partial charge is 0.388 e. The Labute approximate surface area is 96.7 Å². The van der Waals surface area contributed by atoms with Crippen LogP contribution in [0.1, 0.15) is 29.5 Å². The standard InChI is InChI=1S/C14H19NO/c16-14(6-7-15-10-14)9-11-4-5-12-2-1-3-13(12)8-11/h4-5,8,15-16H,1-3,6-7,9-10H2. The topological polar surface area (TPSA) is 32.3 Å². The molecule has 0 bridgehead atoms. The third-order valence-electron chi connectivity index (χ3n) is 3.92. The van der Waals surface area contributed by atoms with Crippen LogP contribution in [-0.4, -0.2) is 23.8 Å². The molecule has 2 N–H and O–H groups in total. The van der Waals surface area contributed by atoms with Crippen LogP contribution >= 0.6 is 0 Å². The first-order chi connectivity index (χ1) is 7.75. The summed E-state index contributed by atoms with van der Waals surface area (Å²) >= 11 is 0. The van der Waals surface area contributed by atoms with Crippen molar-refractivity contribution in [1.29, 1.82) is 0 Å². The lowest BCUT2D eigenvalue weighted by Crippen LogP contribution is -2.33. The maximum atomic E-state index is 10.3. The normalized spacial score (nSPS) is 28.3. The van der Waals surface area contributed by atoms with Crippen molar-refractivity contribution in [3.8, 4) is 0 Å². The highest BCUT2D eigenvalue weighted by atomic mass is 16.3. The molecule has 0 spiro atoms. The van der Waals surface area contributed by atoms with E-state index in [1.54, 1.807) is 0 Å². The molecule has 2 nitrogen and oxygen atoms in total. The Morgan fingerprint density at radius 2 is 2.12 bits per heavy atom. The van der Waals surface area contributed by atoms with Crippen LogP contribution in [0.5, 0.6) is 0 Å². The van der Waals surface area contributed by atoms with Crippen molar-refractivity contribution in [1.82, 2.24) is 5.32 Å². The number of hydrogen-bond donors (Lipinski definition) is 2. The van der Waals surface area contributed by atoms with E-state index in [0.717, 1.165) is 25.9 Å². The van der Waals surface area contributed by atoms with Crippen molar-refractivity contribution in [2.45, 2.75) is 37.7 Å². The summed E-state index contributed by atoms with van der Waals surface area (Å²) in [5.41, 5.74) is 3.81. The third kappa shape index (κ3) is 1.87. The van der Waals surface area contributed by atoms with Crippen LogP contribution in [0.15, 0.2) is 18.2 Å². The molecule has 0 radical (unpaired) electrons. The molecule has 2 aliphatic rings. The number of hydrogen-bond acceptors (Lipinski definition) is 2. The number of β-amino-alcohol motifs (C(OH)–C–C–N with tert-alkyl or cyclic N) is 1. The predicted octanol–water partition coefficient (Wildman–Crippen LogP) is 1.44. The van der Waals surface area contributed by atoms with Crippen LogP contribution in [0.3, 0.4) is 0 Å². The Balaban J connectivity index is 1.80. The molecule has 1 aromatic rings. The molecule has 1 atom stereocenters. The molecule has 3 rings (SSSR count). The van der Waals surface area contributed by atoms with Gasteiger partial charge in [-0.05, 0) is 48.9 Å². The number of rotatable bonds is 2. The van der Waals surface area contributed by atoms with Gasteiger partial charge in [0.2, 0.25) is 0 Å². The quantitative estimate of drug-likeness (QED) is 0.785. The van der Waals surface area contributed by atoms with E-state index >= 15 is 0 Å². The molecule has 1 saturated heterocycles. The molecule has 1 aliphatic heterocycles. The van der Waals surface area contributed by atoms with Crippen LogP contribution in [0, 0.1) is 0 Å². The SMILES string of the molecule is OC1(Cc2ccc3c(c2)CCC3)CCNC1. The summed E-state index contributed by atoms with van der Waals surface area (Å²) in [4.78, 5) is 0. The maximum absolute atomic E-state index is 10.3. The van der Waals surface area contributed by atoms with Crippen LogP contribution in [-0.2, 0) is 19.3 Å². The highest BCUT2D eigenvalue weighted by Gasteiger charge is 2.31. The molecule has 1 fully saturated rings. The van der Waals surface area contributed by atoms with Gasteiger partial charge in [-0.15, -0.1) is 0 Å². The van der Waals surface area contributed by atoms with Crippen molar-refractivity contribution < 1.29 is 5.11 Å². The number of fused-ring (bicyclic) bond motifs is 1. The van der Waals surface area contributed by atoms with Crippen LogP contribution < -0.4 is 5.32 Å². The Kier molecular flexibility index (Phi) is 2.49. The Hall–Kier alpha value is -0.860. The van der Waals surface area contributed by atoms with E-state index in [-0.39, 0.29) is 0 Å². The monoisotopic (exact) mass is 217 g/mol. The third-order valence-corrected chi connectivity index (χ3v) is 3.92. The summed E-state index contributed by atoms with van der Waals surface area (Å²) in [6.45, 7) is 1.69. The number of aryl methyl sites for hydroxylation is 2. The molecule has 86 valence electrons. The van der Waals surface area contributed by atoms with Crippen molar-refractivity contribution in [3.63, 3.8) is 0 Å². The maximum Gasteiger partial charge on any atom is 0.0823 e. The highest BCUT2D eigenvalue weighted by Crippen LogP contribution is 2.26. The van der Waals surface area contributed by atoms with Crippen LogP contribution in [0.2, 0.25) is 0 Å². The Morgan fingerprint density at radius 3 is 2.94 bits per heavy atom. The first-order valence-electron chi connectivity index (χ1n) is 6.29. The molecular formula is C14H19NO. The number of aliphatic hydroxyl groups is 1. The van der Waals surface area contributed by atoms with Gasteiger partial charge in [-0.25, -0.2) is 0 Å². The summed E-state index contributed by atoms with van der Waals surface area (Å²) in [7, 11) is 0. The lowest BCUT2D eigenvalue weighted by Gasteiger charge is -2.21. The van der Waals surface area contributed by atoms with Gasteiger partial charge in [0.15, 0.2) is 0 Å². The van der Waals surface area contributed by atoms with Gasteiger partial charge >= 0.3 is 0 Å². The minimum absolute atomic E-state index is 0.507. The van der Waals surface area contributed by atoms with Gasteiger partial charge in [0, 0.05) is 13.0 Å². The zero-order valence-electron chi connectivity index (χ0n) is 9.63. The molecule has 16 heavy (non-hydrogen) atoms. The second-order valence-electron chi connectivity index (χ2n) is 5.28. The van der Waals surface area contributed by atoms with E-state index in [1.807, 2.05) is 0 Å². The molecular weight excluding hydrogens is 198 g/mol. The average Bonchev–Trinajstić information content (AvgIpc) is 2.86. The summed E-state index contributed by atoms with van der Waals surface area (Å²) in [5, 5.41) is 13.6. The summed E-state index contributed by atoms with van der Waals surface area (Å²) < 4.78 is 0. The summed E-state index contributed by atoms with van der Waals surface area (Å²) in [6, 6.07) is 6.75. The number of benzene rings is 1. The lowest BCUT2D eigenvalue weighted by molar-refractivity contribution is 0.0619. The molecule has 1 unspecified atom stereocenters. The van der Waals surface area contributed by atoms with Gasteiger partial charge in [-0.1, -0.05) is 18.2 Å². The summed E-state index contributed by atoms with van der Waals surface area (Å²) in [6.07, 6.45) is 5.43. The first kappa shape index (κ1) is 10.3.